The zero-order chi connectivity index (χ0) is 12.4. The maximum absolute atomic E-state index is 13.4. The van der Waals surface area contributed by atoms with Crippen LogP contribution in [-0.2, 0) is 0 Å². The largest absolute Gasteiger partial charge is 0.313 e. The second-order valence-corrected chi connectivity index (χ2v) is 5.30. The molecule has 2 aromatic rings. The van der Waals surface area contributed by atoms with Crippen LogP contribution in [-0.4, -0.2) is 7.05 Å². The number of nitrogens with one attached hydrogen (secondary N) is 1. The third-order valence-corrected chi connectivity index (χ3v) is 3.82. The maximum Gasteiger partial charge on any atom is 0.123 e. The first-order valence-electron chi connectivity index (χ1n) is 5.64. The molecule has 3 heteroatoms. The third kappa shape index (κ3) is 2.56. The van der Waals surface area contributed by atoms with Crippen molar-refractivity contribution in [2.24, 2.45) is 0 Å². The fraction of sp³-hybridized carbons (Fsp3) is 0.286. The van der Waals surface area contributed by atoms with E-state index in [2.05, 4.69) is 30.6 Å². The number of hydrogen-bond acceptors (Lipinski definition) is 2. The van der Waals surface area contributed by atoms with Crippen molar-refractivity contribution in [1.29, 1.82) is 0 Å². The zero-order valence-corrected chi connectivity index (χ0v) is 11.1. The van der Waals surface area contributed by atoms with Gasteiger partial charge in [-0.15, -0.1) is 11.3 Å². The summed E-state index contributed by atoms with van der Waals surface area (Å²) in [6.07, 6.45) is 0. The van der Waals surface area contributed by atoms with Gasteiger partial charge in [-0.2, -0.15) is 0 Å². The summed E-state index contributed by atoms with van der Waals surface area (Å²) < 4.78 is 13.4. The molecular formula is C14H16FNS. The molecule has 1 atom stereocenters. The van der Waals surface area contributed by atoms with Gasteiger partial charge in [-0.3, -0.25) is 0 Å². The molecule has 0 fully saturated rings. The lowest BCUT2D eigenvalue weighted by atomic mass is 9.97. The number of halogens is 1. The van der Waals surface area contributed by atoms with Gasteiger partial charge < -0.3 is 5.32 Å². The van der Waals surface area contributed by atoms with Crippen molar-refractivity contribution in [3.63, 3.8) is 0 Å². The SMILES string of the molecule is CNC(C)c1ccc(F)cc1-c1csc(C)c1. The molecule has 0 aliphatic rings. The van der Waals surface area contributed by atoms with Gasteiger partial charge in [-0.25, -0.2) is 4.39 Å². The zero-order valence-electron chi connectivity index (χ0n) is 10.3. The Balaban J connectivity index is 2.54. The predicted octanol–water partition coefficient (Wildman–Crippen LogP) is 4.14. The second-order valence-electron chi connectivity index (χ2n) is 4.19. The van der Waals surface area contributed by atoms with Crippen molar-refractivity contribution in [2.75, 3.05) is 7.05 Å². The van der Waals surface area contributed by atoms with Crippen LogP contribution in [0.1, 0.15) is 23.4 Å². The van der Waals surface area contributed by atoms with Gasteiger partial charge in [0.2, 0.25) is 0 Å². The molecule has 0 bridgehead atoms. The fourth-order valence-corrected chi connectivity index (χ4v) is 2.60. The molecule has 0 saturated heterocycles. The van der Waals surface area contributed by atoms with E-state index in [0.29, 0.717) is 0 Å². The Morgan fingerprint density at radius 2 is 2.06 bits per heavy atom. The molecule has 17 heavy (non-hydrogen) atoms. The minimum absolute atomic E-state index is 0.184. The smallest absolute Gasteiger partial charge is 0.123 e. The highest BCUT2D eigenvalue weighted by molar-refractivity contribution is 7.10. The van der Waals surface area contributed by atoms with Gasteiger partial charge in [-0.05, 0) is 61.2 Å². The van der Waals surface area contributed by atoms with E-state index >= 15 is 0 Å². The fourth-order valence-electron chi connectivity index (χ4n) is 1.90. The highest BCUT2D eigenvalue weighted by Crippen LogP contribution is 2.31. The molecule has 1 nitrogen and oxygen atoms in total. The van der Waals surface area contributed by atoms with E-state index in [4.69, 9.17) is 0 Å². The van der Waals surface area contributed by atoms with Gasteiger partial charge >= 0.3 is 0 Å². The van der Waals surface area contributed by atoms with Gasteiger partial charge in [0.15, 0.2) is 0 Å². The second kappa shape index (κ2) is 4.98. The Kier molecular flexibility index (Phi) is 3.60. The van der Waals surface area contributed by atoms with Gasteiger partial charge in [0.1, 0.15) is 5.82 Å². The molecule has 0 radical (unpaired) electrons. The van der Waals surface area contributed by atoms with Crippen LogP contribution >= 0.6 is 11.3 Å². The van der Waals surface area contributed by atoms with Gasteiger partial charge in [0, 0.05) is 10.9 Å². The standard InChI is InChI=1S/C14H16FNS/c1-9-6-11(8-17-9)14-7-12(15)4-5-13(14)10(2)16-3/h4-8,10,16H,1-3H3. The normalized spacial score (nSPS) is 12.7. The average Bonchev–Trinajstić information content (AvgIpc) is 2.75. The summed E-state index contributed by atoms with van der Waals surface area (Å²) in [5.74, 6) is -0.184. The monoisotopic (exact) mass is 249 g/mol. The summed E-state index contributed by atoms with van der Waals surface area (Å²) in [6, 6.07) is 7.31. The molecule has 0 spiro atoms. The molecule has 2 rings (SSSR count). The van der Waals surface area contributed by atoms with Gasteiger partial charge in [0.05, 0.1) is 0 Å². The number of rotatable bonds is 3. The number of benzene rings is 1. The van der Waals surface area contributed by atoms with E-state index in [1.165, 1.54) is 10.9 Å². The number of thiophene rings is 1. The molecule has 0 saturated carbocycles. The maximum atomic E-state index is 13.4. The van der Waals surface area contributed by atoms with E-state index < -0.39 is 0 Å². The number of aryl methyl sites for hydroxylation is 1. The Hall–Kier alpha value is -1.19. The molecule has 1 N–H and O–H groups in total. The topological polar surface area (TPSA) is 12.0 Å². The quantitative estimate of drug-likeness (QED) is 0.862. The summed E-state index contributed by atoms with van der Waals surface area (Å²) in [5.41, 5.74) is 3.21. The van der Waals surface area contributed by atoms with Crippen LogP contribution in [0.25, 0.3) is 11.1 Å². The lowest BCUT2D eigenvalue weighted by Gasteiger charge is -2.15. The first-order valence-corrected chi connectivity index (χ1v) is 6.52. The van der Waals surface area contributed by atoms with Crippen LogP contribution in [0, 0.1) is 12.7 Å². The Labute approximate surface area is 105 Å². The van der Waals surface area contributed by atoms with Crippen molar-refractivity contribution < 1.29 is 4.39 Å². The first kappa shape index (κ1) is 12.3. The van der Waals surface area contributed by atoms with Crippen LogP contribution in [0.15, 0.2) is 29.6 Å². The van der Waals surface area contributed by atoms with Crippen LogP contribution in [0.4, 0.5) is 4.39 Å². The van der Waals surface area contributed by atoms with Gasteiger partial charge in [0.25, 0.3) is 0 Å². The Morgan fingerprint density at radius 3 is 2.65 bits per heavy atom. The summed E-state index contributed by atoms with van der Waals surface area (Å²) >= 11 is 1.69. The summed E-state index contributed by atoms with van der Waals surface area (Å²) in [4.78, 5) is 1.24. The van der Waals surface area contributed by atoms with Crippen molar-refractivity contribution in [2.45, 2.75) is 19.9 Å². The lowest BCUT2D eigenvalue weighted by molar-refractivity contribution is 0.620. The van der Waals surface area contributed by atoms with E-state index in [0.717, 1.165) is 16.7 Å². The van der Waals surface area contributed by atoms with Crippen molar-refractivity contribution in [3.05, 3.63) is 45.9 Å². The highest BCUT2D eigenvalue weighted by atomic mass is 32.1. The molecule has 1 aromatic heterocycles. The molecule has 90 valence electrons. The van der Waals surface area contributed by atoms with Crippen molar-refractivity contribution in [1.82, 2.24) is 5.32 Å². The van der Waals surface area contributed by atoms with E-state index in [1.807, 2.05) is 13.1 Å². The highest BCUT2D eigenvalue weighted by Gasteiger charge is 2.12. The van der Waals surface area contributed by atoms with E-state index in [1.54, 1.807) is 17.4 Å². The third-order valence-electron chi connectivity index (χ3n) is 2.96. The lowest BCUT2D eigenvalue weighted by Crippen LogP contribution is -2.13. The van der Waals surface area contributed by atoms with Crippen LogP contribution in [0.2, 0.25) is 0 Å². The van der Waals surface area contributed by atoms with Crippen molar-refractivity contribution >= 4 is 11.3 Å². The van der Waals surface area contributed by atoms with Gasteiger partial charge in [-0.1, -0.05) is 6.07 Å². The van der Waals surface area contributed by atoms with Crippen molar-refractivity contribution in [3.8, 4) is 11.1 Å². The first-order chi connectivity index (χ1) is 8.11. The summed E-state index contributed by atoms with van der Waals surface area (Å²) in [6.45, 7) is 4.14. The molecule has 0 aliphatic heterocycles. The summed E-state index contributed by atoms with van der Waals surface area (Å²) in [7, 11) is 1.91. The molecule has 1 aromatic carbocycles. The minimum atomic E-state index is -0.184. The molecule has 1 unspecified atom stereocenters. The number of hydrogen-bond donors (Lipinski definition) is 1. The summed E-state index contributed by atoms with van der Waals surface area (Å²) in [5, 5.41) is 5.28. The van der Waals surface area contributed by atoms with Crippen LogP contribution in [0.5, 0.6) is 0 Å². The molecule has 0 aliphatic carbocycles. The van der Waals surface area contributed by atoms with E-state index in [-0.39, 0.29) is 11.9 Å². The van der Waals surface area contributed by atoms with Crippen LogP contribution in [0.3, 0.4) is 0 Å². The Morgan fingerprint density at radius 1 is 1.29 bits per heavy atom. The minimum Gasteiger partial charge on any atom is -0.313 e. The molecular weight excluding hydrogens is 233 g/mol. The van der Waals surface area contributed by atoms with Crippen LogP contribution < -0.4 is 5.32 Å². The average molecular weight is 249 g/mol. The van der Waals surface area contributed by atoms with E-state index in [9.17, 15) is 4.39 Å². The predicted molar refractivity (Wildman–Crippen MR) is 71.9 cm³/mol. The Bertz CT molecular complexity index is 519. The molecule has 0 amide bonds. The molecule has 1 heterocycles.